The van der Waals surface area contributed by atoms with E-state index in [1.165, 1.54) is 18.9 Å². The summed E-state index contributed by atoms with van der Waals surface area (Å²) in [6, 6.07) is 3.55. The van der Waals surface area contributed by atoms with Crippen LogP contribution in [-0.2, 0) is 6.42 Å². The number of hydrogen-bond donors (Lipinski definition) is 2. The minimum Gasteiger partial charge on any atom is -0.508 e. The quantitative estimate of drug-likeness (QED) is 0.585. The van der Waals surface area contributed by atoms with Crippen molar-refractivity contribution in [3.63, 3.8) is 0 Å². The highest BCUT2D eigenvalue weighted by Gasteiger charge is 2.29. The smallest absolute Gasteiger partial charge is 0.124 e. The molecule has 0 saturated carbocycles. The standard InChI is InChI=1S/C18H27NO2/c1-3-5-6-8-14-12-15(20)13-17(21)18(14)16-9-7-11-19(16)10-4-2/h4,12-13,16,20-21H,2-3,5-11H2,1H3. The highest BCUT2D eigenvalue weighted by atomic mass is 16.3. The van der Waals surface area contributed by atoms with E-state index >= 15 is 0 Å². The van der Waals surface area contributed by atoms with Crippen LogP contribution in [0, 0.1) is 0 Å². The zero-order valence-electron chi connectivity index (χ0n) is 13.0. The third-order valence-electron chi connectivity index (χ3n) is 4.34. The van der Waals surface area contributed by atoms with Crippen molar-refractivity contribution in [2.45, 2.75) is 51.5 Å². The molecule has 0 amide bonds. The van der Waals surface area contributed by atoms with E-state index in [1.54, 1.807) is 0 Å². The van der Waals surface area contributed by atoms with E-state index < -0.39 is 0 Å². The molecule has 116 valence electrons. The Morgan fingerprint density at radius 3 is 2.86 bits per heavy atom. The molecule has 1 fully saturated rings. The summed E-state index contributed by atoms with van der Waals surface area (Å²) >= 11 is 0. The average molecular weight is 289 g/mol. The van der Waals surface area contributed by atoms with Gasteiger partial charge in [-0.2, -0.15) is 0 Å². The van der Waals surface area contributed by atoms with E-state index in [0.717, 1.165) is 49.9 Å². The first-order chi connectivity index (χ1) is 10.2. The monoisotopic (exact) mass is 289 g/mol. The van der Waals surface area contributed by atoms with Crippen LogP contribution in [0.4, 0.5) is 0 Å². The van der Waals surface area contributed by atoms with Gasteiger partial charge < -0.3 is 10.2 Å². The molecule has 1 atom stereocenters. The molecule has 1 aromatic rings. The minimum absolute atomic E-state index is 0.163. The molecule has 0 radical (unpaired) electrons. The first kappa shape index (κ1) is 15.9. The lowest BCUT2D eigenvalue weighted by molar-refractivity contribution is 0.277. The molecule has 2 rings (SSSR count). The van der Waals surface area contributed by atoms with Gasteiger partial charge in [0.15, 0.2) is 0 Å². The van der Waals surface area contributed by atoms with Crippen molar-refractivity contribution < 1.29 is 10.2 Å². The zero-order valence-corrected chi connectivity index (χ0v) is 13.0. The third kappa shape index (κ3) is 3.79. The van der Waals surface area contributed by atoms with Crippen LogP contribution in [0.3, 0.4) is 0 Å². The van der Waals surface area contributed by atoms with Crippen molar-refractivity contribution in [3.05, 3.63) is 35.9 Å². The van der Waals surface area contributed by atoms with Crippen molar-refractivity contribution in [2.75, 3.05) is 13.1 Å². The fraction of sp³-hybridized carbons (Fsp3) is 0.556. The molecule has 1 saturated heterocycles. The van der Waals surface area contributed by atoms with Gasteiger partial charge in [-0.3, -0.25) is 4.90 Å². The fourth-order valence-electron chi connectivity index (χ4n) is 3.37. The lowest BCUT2D eigenvalue weighted by atomic mass is 9.93. The Morgan fingerprint density at radius 2 is 2.14 bits per heavy atom. The van der Waals surface area contributed by atoms with Crippen molar-refractivity contribution in [1.82, 2.24) is 4.90 Å². The van der Waals surface area contributed by atoms with E-state index in [1.807, 2.05) is 12.1 Å². The van der Waals surface area contributed by atoms with Gasteiger partial charge >= 0.3 is 0 Å². The predicted octanol–water partition coefficient (Wildman–Crippen LogP) is 4.15. The van der Waals surface area contributed by atoms with Crippen LogP contribution in [-0.4, -0.2) is 28.2 Å². The van der Waals surface area contributed by atoms with Gasteiger partial charge in [0.25, 0.3) is 0 Å². The maximum Gasteiger partial charge on any atom is 0.124 e. The first-order valence-electron chi connectivity index (χ1n) is 8.07. The summed E-state index contributed by atoms with van der Waals surface area (Å²) < 4.78 is 0. The molecule has 1 heterocycles. The average Bonchev–Trinajstić information content (AvgIpc) is 2.87. The second kappa shape index (κ2) is 7.51. The Labute approximate surface area is 127 Å². The van der Waals surface area contributed by atoms with Crippen LogP contribution in [0.15, 0.2) is 24.8 Å². The lowest BCUT2D eigenvalue weighted by Gasteiger charge is -2.26. The van der Waals surface area contributed by atoms with E-state index in [0.29, 0.717) is 0 Å². The Hall–Kier alpha value is -1.48. The van der Waals surface area contributed by atoms with Gasteiger partial charge in [0.05, 0.1) is 0 Å². The van der Waals surface area contributed by atoms with Crippen molar-refractivity contribution >= 4 is 0 Å². The summed E-state index contributed by atoms with van der Waals surface area (Å²) in [5.41, 5.74) is 2.12. The fourth-order valence-corrected chi connectivity index (χ4v) is 3.37. The van der Waals surface area contributed by atoms with Gasteiger partial charge in [-0.25, -0.2) is 0 Å². The summed E-state index contributed by atoms with van der Waals surface area (Å²) in [5, 5.41) is 20.2. The van der Waals surface area contributed by atoms with E-state index in [2.05, 4.69) is 18.4 Å². The van der Waals surface area contributed by atoms with Crippen LogP contribution in [0.25, 0.3) is 0 Å². The van der Waals surface area contributed by atoms with Crippen LogP contribution < -0.4 is 0 Å². The van der Waals surface area contributed by atoms with Gasteiger partial charge in [0, 0.05) is 24.2 Å². The number of phenolic OH excluding ortho intramolecular Hbond substituents is 2. The molecule has 3 nitrogen and oxygen atoms in total. The molecule has 0 aromatic heterocycles. The molecule has 0 aliphatic carbocycles. The Bertz CT molecular complexity index is 484. The number of hydrogen-bond acceptors (Lipinski definition) is 3. The van der Waals surface area contributed by atoms with Gasteiger partial charge in [-0.05, 0) is 43.9 Å². The molecule has 21 heavy (non-hydrogen) atoms. The predicted molar refractivity (Wildman–Crippen MR) is 86.7 cm³/mol. The summed E-state index contributed by atoms with van der Waals surface area (Å²) in [6.07, 6.45) is 8.50. The number of likely N-dealkylation sites (tertiary alicyclic amines) is 1. The lowest BCUT2D eigenvalue weighted by Crippen LogP contribution is -2.24. The zero-order chi connectivity index (χ0) is 15.2. The Kier molecular flexibility index (Phi) is 5.68. The molecule has 1 aromatic carbocycles. The summed E-state index contributed by atoms with van der Waals surface area (Å²) in [5.74, 6) is 0.401. The summed E-state index contributed by atoms with van der Waals surface area (Å²) in [6.45, 7) is 7.91. The number of unbranched alkanes of at least 4 members (excludes halogenated alkanes) is 2. The van der Waals surface area contributed by atoms with Crippen molar-refractivity contribution in [3.8, 4) is 11.5 Å². The van der Waals surface area contributed by atoms with E-state index in [9.17, 15) is 10.2 Å². The molecule has 1 aliphatic heterocycles. The number of rotatable bonds is 7. The number of benzene rings is 1. The second-order valence-electron chi connectivity index (χ2n) is 5.94. The Morgan fingerprint density at radius 1 is 1.33 bits per heavy atom. The summed E-state index contributed by atoms with van der Waals surface area (Å²) in [7, 11) is 0. The third-order valence-corrected chi connectivity index (χ3v) is 4.34. The Balaban J connectivity index is 2.29. The van der Waals surface area contributed by atoms with Crippen LogP contribution in [0.5, 0.6) is 11.5 Å². The number of phenols is 2. The van der Waals surface area contributed by atoms with Gasteiger partial charge in [-0.15, -0.1) is 6.58 Å². The SMILES string of the molecule is C=CCN1CCCC1c1c(O)cc(O)cc1CCCCC. The number of aromatic hydroxyl groups is 2. The molecular formula is C18H27NO2. The topological polar surface area (TPSA) is 43.7 Å². The number of nitrogens with zero attached hydrogens (tertiary/aromatic N) is 1. The molecule has 0 bridgehead atoms. The van der Waals surface area contributed by atoms with Crippen LogP contribution >= 0.6 is 0 Å². The van der Waals surface area contributed by atoms with Gasteiger partial charge in [0.1, 0.15) is 11.5 Å². The van der Waals surface area contributed by atoms with Crippen LogP contribution in [0.2, 0.25) is 0 Å². The van der Waals surface area contributed by atoms with Crippen molar-refractivity contribution in [1.29, 1.82) is 0 Å². The van der Waals surface area contributed by atoms with E-state index in [4.69, 9.17) is 0 Å². The first-order valence-corrected chi connectivity index (χ1v) is 8.07. The highest BCUT2D eigenvalue weighted by Crippen LogP contribution is 2.40. The number of aryl methyl sites for hydroxylation is 1. The highest BCUT2D eigenvalue weighted by molar-refractivity contribution is 5.47. The molecule has 2 N–H and O–H groups in total. The molecule has 3 heteroatoms. The maximum atomic E-state index is 10.4. The minimum atomic E-state index is 0.163. The van der Waals surface area contributed by atoms with Gasteiger partial charge in [-0.1, -0.05) is 25.8 Å². The molecule has 1 unspecified atom stereocenters. The molecule has 1 aliphatic rings. The second-order valence-corrected chi connectivity index (χ2v) is 5.94. The molecular weight excluding hydrogens is 262 g/mol. The van der Waals surface area contributed by atoms with Crippen LogP contribution in [0.1, 0.15) is 56.2 Å². The molecule has 0 spiro atoms. The van der Waals surface area contributed by atoms with Crippen molar-refractivity contribution in [2.24, 2.45) is 0 Å². The van der Waals surface area contributed by atoms with Gasteiger partial charge in [0.2, 0.25) is 0 Å². The normalized spacial score (nSPS) is 19.0. The maximum absolute atomic E-state index is 10.4. The van der Waals surface area contributed by atoms with E-state index in [-0.39, 0.29) is 17.5 Å². The summed E-state index contributed by atoms with van der Waals surface area (Å²) in [4.78, 5) is 2.36. The largest absolute Gasteiger partial charge is 0.508 e.